The first-order chi connectivity index (χ1) is 69.1. The predicted octanol–water partition coefficient (Wildman–Crippen LogP) is 3.56. The smallest absolute Gasteiger partial charge is 0.411 e. The van der Waals surface area contributed by atoms with Crippen molar-refractivity contribution in [2.45, 2.75) is 204 Å². The molecule has 2 aliphatic heterocycles. The number of likely N-dealkylation sites (N-methyl/N-ethyl adjacent to an activating group) is 1. The number of carbonyl (C=O) groups is 11. The summed E-state index contributed by atoms with van der Waals surface area (Å²) in [4.78, 5) is 151. The van der Waals surface area contributed by atoms with Crippen LogP contribution in [0.1, 0.15) is 140 Å². The maximum atomic E-state index is 18.1. The molecule has 20 N–H and O–H groups in total. The minimum absolute atomic E-state index is 0.0177. The fourth-order valence-electron chi connectivity index (χ4n) is 19.4. The van der Waals surface area contributed by atoms with Gasteiger partial charge in [-0.05, 0) is 142 Å². The molecule has 0 bridgehead atoms. The molecule has 9 amide bonds. The van der Waals surface area contributed by atoms with Gasteiger partial charge < -0.3 is 141 Å². The Labute approximate surface area is 836 Å². The Bertz CT molecular complexity index is 5010. The van der Waals surface area contributed by atoms with Crippen LogP contribution in [0.25, 0.3) is 11.4 Å². The normalized spacial score (nSPS) is 23.3. The van der Waals surface area contributed by atoms with E-state index in [1.54, 1.807) is 37.8 Å². The molecule has 144 heavy (non-hydrogen) atoms. The molecule has 0 aromatic heterocycles. The zero-order valence-corrected chi connectivity index (χ0v) is 82.5. The number of urea groups is 1. The highest BCUT2D eigenvalue weighted by molar-refractivity contribution is 6.04. The first-order valence-electron chi connectivity index (χ1n) is 49.2. The van der Waals surface area contributed by atoms with Gasteiger partial charge in [0.05, 0.1) is 147 Å². The van der Waals surface area contributed by atoms with Crippen molar-refractivity contribution in [1.82, 2.24) is 42.6 Å². The minimum atomic E-state index is -2.38. The largest absolute Gasteiger partial charge is 0.486 e. The lowest BCUT2D eigenvalue weighted by Crippen LogP contribution is -2.71. The molecule has 4 aromatic rings. The van der Waals surface area contributed by atoms with Gasteiger partial charge in [-0.3, -0.25) is 54.3 Å². The van der Waals surface area contributed by atoms with Crippen LogP contribution in [0.2, 0.25) is 0 Å². The summed E-state index contributed by atoms with van der Waals surface area (Å²) in [5, 5.41) is 86.8. The van der Waals surface area contributed by atoms with Crippen LogP contribution in [0.3, 0.4) is 0 Å². The van der Waals surface area contributed by atoms with Gasteiger partial charge in [0.2, 0.25) is 41.2 Å². The second-order valence-electron chi connectivity index (χ2n) is 37.2. The fraction of sp³-hybridized carbons (Fsp3) is 0.594. The SMILES string of the molecule is CCCC1O[C@@H]2C[C@H]3[C@@H]4C[C@H](F)C5=CC(=O)C=C[C@]5(C)[C@@]4(F)[C@@H](O)C[C@]3(C)[C@]2(C(=O)COc2ccc(NC(=O)OCc3ccc(NC(=O)[C@H](CCCNC(N)=O)CC(=O)[C@@H](NC(=O)[C@@H](CCC(=O)NC[C@H](O)[C@@H](O)[C@H](O)[C@H](O)CO)NC(=O)CCOCCOCCOCCOCCNC(=O)CCC(=O)N4Cc5ccccc5/C(NCCOCCOCCOCCNC)=C(/NN)c5ccccc54)C(C)C)cc3)cc2)O1. The van der Waals surface area contributed by atoms with Crippen molar-refractivity contribution in [2.24, 2.45) is 46.1 Å². The van der Waals surface area contributed by atoms with Gasteiger partial charge in [-0.25, -0.2) is 18.4 Å². The summed E-state index contributed by atoms with van der Waals surface area (Å²) >= 11 is 0. The number of ether oxygens (including phenoxy) is 11. The molecule has 1 saturated heterocycles. The number of allylic oxidation sites excluding steroid dienone is 4. The van der Waals surface area contributed by atoms with Crippen LogP contribution in [0, 0.1) is 34.5 Å². The van der Waals surface area contributed by atoms with E-state index in [0.717, 1.165) is 29.4 Å². The number of Topliss-reactive ketones (excluding diaryl/α,β-unsaturated/α-hetero) is 2. The average Bonchev–Trinajstić information content (AvgIpc) is 1.49. The summed E-state index contributed by atoms with van der Waals surface area (Å²) in [6.07, 6.45) is -10.7. The molecule has 10 rings (SSSR count). The molecule has 4 aromatic carbocycles. The molecule has 794 valence electrons. The second-order valence-corrected chi connectivity index (χ2v) is 37.2. The topological polar surface area (TPSA) is 586 Å². The lowest BCUT2D eigenvalue weighted by atomic mass is 9.44. The molecule has 4 fully saturated rings. The number of nitrogens with zero attached hydrogens (tertiary/aromatic N) is 1. The highest BCUT2D eigenvalue weighted by Crippen LogP contribution is 2.72. The Balaban J connectivity index is 0.636. The highest BCUT2D eigenvalue weighted by atomic mass is 19.1. The number of anilines is 3. The van der Waals surface area contributed by atoms with Crippen LogP contribution in [-0.2, 0) is 104 Å². The van der Waals surface area contributed by atoms with Crippen molar-refractivity contribution in [1.29, 1.82) is 0 Å². The number of aliphatic hydroxyl groups excluding tert-OH is 6. The molecule has 43 heteroatoms. The number of nitrogens with two attached hydrogens (primary N) is 2. The molecule has 3 saturated carbocycles. The molecule has 0 spiro atoms. The summed E-state index contributed by atoms with van der Waals surface area (Å²) in [5.41, 5.74) is 6.57. The number of benzene rings is 4. The molecule has 41 nitrogen and oxygen atoms in total. The number of para-hydroxylation sites is 1. The molecular weight excluding hydrogens is 1880 g/mol. The highest BCUT2D eigenvalue weighted by Gasteiger charge is 2.80. The Morgan fingerprint density at radius 3 is 1.90 bits per heavy atom. The molecule has 4 aliphatic carbocycles. The lowest BCUT2D eigenvalue weighted by Gasteiger charge is -2.63. The molecule has 2 heterocycles. The maximum Gasteiger partial charge on any atom is 0.411 e. The van der Waals surface area contributed by atoms with Crippen LogP contribution >= 0.6 is 0 Å². The van der Waals surface area contributed by atoms with Crippen LogP contribution in [0.5, 0.6) is 5.75 Å². The summed E-state index contributed by atoms with van der Waals surface area (Å²) in [6, 6.07) is 23.8. The molecule has 6 aliphatic rings. The van der Waals surface area contributed by atoms with E-state index in [1.807, 2.05) is 62.5 Å². The number of halogens is 2. The van der Waals surface area contributed by atoms with Crippen LogP contribution < -0.4 is 74.5 Å². The van der Waals surface area contributed by atoms with E-state index in [9.17, 15) is 83.4 Å². The molecule has 17 atom stereocenters. The number of hydrogen-bond acceptors (Lipinski definition) is 32. The van der Waals surface area contributed by atoms with Crippen molar-refractivity contribution in [3.05, 3.63) is 143 Å². The number of fused-ring (bicyclic) bond motifs is 9. The van der Waals surface area contributed by atoms with Crippen molar-refractivity contribution in [3.63, 3.8) is 0 Å². The standard InChI is InChI=1S/C101H143F2N13O28/c1-7-13-88-143-83-55-72-73-54-75(102)74-53-68(118)31-33-98(74,4)100(73,103)81(122)56-99(72,5)101(83,144-88)82(123)61-141-69-25-23-67(24-26-69)112-97(133)142-60-63-19-21-66(22-20-63)111-94(130)64(15-12-34-109-96(104)132)52-78(119)89(62(2)3)114-95(131)76(27-28-85(125)110-57-79(120)92(128)93(129)80(121)59-117)113-86(126)32-38-134-42-46-138-50-51-140-48-44-136-40-36-107-84(124)29-30-87(127)116-58-65-14-8-9-16-70(65)90(91(115-105)71-17-10-11-18-77(71)116)108-37-41-137-45-49-139-47-43-135-39-35-106-6/h8-11,14,16-26,31,33,53,62,64,72-73,75-76,79-81,83,88-89,92-93,106,108,115,117,120-122,128-129H,7,12-13,15,27-30,32,34-52,54-61,105H2,1-6H3,(H,107,124)(H,110,125)(H,111,130)(H,112,133)(H,113,126)(H,114,131)(H3,104,109,132)/b91-90-/t64-,72+,73+,75+,76-,79+,80-,81+,83-,88?,89+,92-,93-,98+,99+,100+,101-/m1/s1. The third-order valence-corrected chi connectivity index (χ3v) is 27.0. The van der Waals surface area contributed by atoms with Gasteiger partial charge in [0.25, 0.3) is 0 Å². The Hall–Kier alpha value is -11.0. The van der Waals surface area contributed by atoms with E-state index in [-0.39, 0.29) is 165 Å². The van der Waals surface area contributed by atoms with Gasteiger partial charge in [-0.2, -0.15) is 0 Å². The van der Waals surface area contributed by atoms with Gasteiger partial charge in [0.15, 0.2) is 29.1 Å². The molecular formula is C101H143F2N13O28. The number of hydrazine groups is 1. The average molecular weight is 2030 g/mol. The van der Waals surface area contributed by atoms with Crippen molar-refractivity contribution < 1.29 is 144 Å². The van der Waals surface area contributed by atoms with Gasteiger partial charge in [-0.1, -0.05) is 94.8 Å². The lowest BCUT2D eigenvalue weighted by molar-refractivity contribution is -0.234. The number of ketones is 3. The van der Waals surface area contributed by atoms with Crippen LogP contribution in [0.15, 0.2) is 121 Å². The van der Waals surface area contributed by atoms with Crippen molar-refractivity contribution in [2.75, 3.05) is 161 Å². The van der Waals surface area contributed by atoms with E-state index in [2.05, 4.69) is 53.3 Å². The molecule has 1 unspecified atom stereocenters. The first-order valence-corrected chi connectivity index (χ1v) is 49.2. The minimum Gasteiger partial charge on any atom is -0.486 e. The third-order valence-electron chi connectivity index (χ3n) is 27.0. The van der Waals surface area contributed by atoms with Gasteiger partial charge in [0, 0.05) is 110 Å². The third kappa shape index (κ3) is 30.8. The zero-order chi connectivity index (χ0) is 104. The van der Waals surface area contributed by atoms with Gasteiger partial charge in [0.1, 0.15) is 49.5 Å². The van der Waals surface area contributed by atoms with Crippen molar-refractivity contribution >= 4 is 93.4 Å². The van der Waals surface area contributed by atoms with Crippen LogP contribution in [-0.4, -0.2) is 313 Å². The van der Waals surface area contributed by atoms with E-state index in [1.165, 1.54) is 55.5 Å². The Kier molecular flexibility index (Phi) is 45.2. The predicted molar refractivity (Wildman–Crippen MR) is 522 cm³/mol. The summed E-state index contributed by atoms with van der Waals surface area (Å²) in [5.74, 6) is -2.18. The number of primary amides is 1. The summed E-state index contributed by atoms with van der Waals surface area (Å²) in [7, 11) is 1.86. The monoisotopic (exact) mass is 2020 g/mol. The number of rotatable bonds is 63. The number of hydrogen-bond donors (Lipinski definition) is 18. The van der Waals surface area contributed by atoms with Crippen LogP contribution in [0.4, 0.5) is 35.4 Å². The van der Waals surface area contributed by atoms with Gasteiger partial charge in [-0.15, -0.1) is 0 Å². The first kappa shape index (κ1) is 115. The fourth-order valence-corrected chi connectivity index (χ4v) is 19.4. The summed E-state index contributed by atoms with van der Waals surface area (Å²) in [6.45, 7) is 11.5. The zero-order valence-electron chi connectivity index (χ0n) is 82.5. The number of nitrogens with one attached hydrogen (secondary N) is 10. The number of amides is 9. The van der Waals surface area contributed by atoms with E-state index >= 15 is 8.78 Å². The Morgan fingerprint density at radius 2 is 1.26 bits per heavy atom. The van der Waals surface area contributed by atoms with Crippen molar-refractivity contribution in [3.8, 4) is 5.75 Å². The van der Waals surface area contributed by atoms with E-state index < -0.39 is 199 Å². The van der Waals surface area contributed by atoms with Gasteiger partial charge >= 0.3 is 12.1 Å². The second kappa shape index (κ2) is 56.7. The Morgan fingerprint density at radius 1 is 0.646 bits per heavy atom. The quantitative estimate of drug-likeness (QED) is 0.0171. The van der Waals surface area contributed by atoms with E-state index in [0.29, 0.717) is 81.5 Å². The summed E-state index contributed by atoms with van der Waals surface area (Å²) < 4.78 is 98.4. The van der Waals surface area contributed by atoms with E-state index in [4.69, 9.17) is 63.7 Å². The number of carbonyl (C=O) groups excluding carboxylic acids is 11. The maximum absolute atomic E-state index is 18.1. The number of aliphatic hydroxyl groups is 6. The number of alkyl halides is 2. The molecule has 0 radical (unpaired) electrons.